The van der Waals surface area contributed by atoms with Gasteiger partial charge in [0.05, 0.1) is 20.5 Å². The van der Waals surface area contributed by atoms with Crippen LogP contribution in [0.2, 0.25) is 5.15 Å². The molecule has 0 fully saturated rings. The second-order valence-electron chi connectivity index (χ2n) is 5.65. The van der Waals surface area contributed by atoms with E-state index in [1.54, 1.807) is 4.68 Å². The predicted molar refractivity (Wildman–Crippen MR) is 100 cm³/mol. The van der Waals surface area contributed by atoms with Crippen LogP contribution in [0.1, 0.15) is 30.0 Å². The Morgan fingerprint density at radius 3 is 2.69 bits per heavy atom. The molecule has 0 spiro atoms. The summed E-state index contributed by atoms with van der Waals surface area (Å²) in [6.45, 7) is 4.88. The van der Waals surface area contributed by atoms with E-state index in [0.29, 0.717) is 22.2 Å². The monoisotopic (exact) mass is 378 g/mol. The quantitative estimate of drug-likeness (QED) is 0.395. The molecule has 1 heterocycles. The van der Waals surface area contributed by atoms with Gasteiger partial charge in [-0.15, -0.1) is 5.10 Å². The Hall–Kier alpha value is -2.47. The maximum Gasteiger partial charge on any atom is 0.341 e. The predicted octanol–water partition coefficient (Wildman–Crippen LogP) is 3.99. The summed E-state index contributed by atoms with van der Waals surface area (Å²) in [7, 11) is 2.81. The summed E-state index contributed by atoms with van der Waals surface area (Å²) in [6, 6.07) is 7.40. The van der Waals surface area contributed by atoms with Crippen LogP contribution in [-0.4, -0.2) is 30.0 Å². The second kappa shape index (κ2) is 9.29. The SMILES string of the molecule is CCCn1nc(OCc2ccccc2/C(=C\OC)C(=O)OC)c(C)c1Cl. The fourth-order valence-corrected chi connectivity index (χ4v) is 2.71. The molecule has 0 bridgehead atoms. The Kier molecular flexibility index (Phi) is 7.09. The highest BCUT2D eigenvalue weighted by Crippen LogP contribution is 2.27. The lowest BCUT2D eigenvalue weighted by atomic mass is 10.0. The third kappa shape index (κ3) is 4.38. The van der Waals surface area contributed by atoms with Crippen LogP contribution in [0.25, 0.3) is 5.57 Å². The molecule has 0 unspecified atom stereocenters. The summed E-state index contributed by atoms with van der Waals surface area (Å²) in [5, 5.41) is 4.98. The maximum absolute atomic E-state index is 12.1. The third-order valence-corrected chi connectivity index (χ3v) is 4.30. The minimum Gasteiger partial charge on any atom is -0.503 e. The van der Waals surface area contributed by atoms with E-state index >= 15 is 0 Å². The lowest BCUT2D eigenvalue weighted by Gasteiger charge is -2.12. The number of halogens is 1. The van der Waals surface area contributed by atoms with Gasteiger partial charge in [-0.25, -0.2) is 4.79 Å². The molecule has 2 aromatic rings. The van der Waals surface area contributed by atoms with Crippen molar-refractivity contribution in [2.75, 3.05) is 14.2 Å². The van der Waals surface area contributed by atoms with Crippen molar-refractivity contribution >= 4 is 23.1 Å². The topological polar surface area (TPSA) is 62.6 Å². The number of esters is 1. The van der Waals surface area contributed by atoms with E-state index in [-0.39, 0.29) is 6.61 Å². The molecule has 26 heavy (non-hydrogen) atoms. The van der Waals surface area contributed by atoms with Gasteiger partial charge in [-0.2, -0.15) is 0 Å². The normalized spacial score (nSPS) is 11.3. The highest BCUT2D eigenvalue weighted by molar-refractivity contribution is 6.30. The Bertz CT molecular complexity index is 799. The molecule has 2 rings (SSSR count). The van der Waals surface area contributed by atoms with Gasteiger partial charge in [-0.05, 0) is 24.5 Å². The molecule has 0 amide bonds. The van der Waals surface area contributed by atoms with Gasteiger partial charge in [0, 0.05) is 12.1 Å². The number of aryl methyl sites for hydroxylation is 1. The lowest BCUT2D eigenvalue weighted by molar-refractivity contribution is -0.133. The number of methoxy groups -OCH3 is 2. The molecule has 0 saturated carbocycles. The molecular formula is C19H23ClN2O4. The zero-order valence-electron chi connectivity index (χ0n) is 15.4. The molecule has 0 aliphatic rings. The fourth-order valence-electron chi connectivity index (χ4n) is 2.51. The first kappa shape index (κ1) is 19.8. The summed E-state index contributed by atoms with van der Waals surface area (Å²) >= 11 is 6.29. The summed E-state index contributed by atoms with van der Waals surface area (Å²) in [4.78, 5) is 12.1. The number of rotatable bonds is 8. The maximum atomic E-state index is 12.1. The van der Waals surface area contributed by atoms with Gasteiger partial charge in [0.15, 0.2) is 0 Å². The van der Waals surface area contributed by atoms with Crippen LogP contribution in [0.15, 0.2) is 30.5 Å². The van der Waals surface area contributed by atoms with Crippen molar-refractivity contribution in [2.24, 2.45) is 0 Å². The van der Waals surface area contributed by atoms with E-state index in [0.717, 1.165) is 24.1 Å². The minimum atomic E-state index is -0.481. The van der Waals surface area contributed by atoms with Crippen LogP contribution < -0.4 is 4.74 Å². The summed E-state index contributed by atoms with van der Waals surface area (Å²) < 4.78 is 17.5. The number of ether oxygens (including phenoxy) is 3. The zero-order chi connectivity index (χ0) is 19.1. The number of aromatic nitrogens is 2. The van der Waals surface area contributed by atoms with Crippen LogP contribution in [0, 0.1) is 6.92 Å². The van der Waals surface area contributed by atoms with E-state index in [1.807, 2.05) is 31.2 Å². The van der Waals surface area contributed by atoms with Crippen molar-refractivity contribution in [3.05, 3.63) is 52.4 Å². The molecule has 1 aromatic carbocycles. The number of carbonyl (C=O) groups is 1. The van der Waals surface area contributed by atoms with Crippen LogP contribution in [-0.2, 0) is 27.4 Å². The van der Waals surface area contributed by atoms with E-state index in [9.17, 15) is 4.79 Å². The minimum absolute atomic E-state index is 0.231. The smallest absolute Gasteiger partial charge is 0.341 e. The first-order valence-electron chi connectivity index (χ1n) is 8.28. The van der Waals surface area contributed by atoms with Crippen LogP contribution in [0.5, 0.6) is 5.88 Å². The van der Waals surface area contributed by atoms with Gasteiger partial charge in [-0.3, -0.25) is 4.68 Å². The van der Waals surface area contributed by atoms with Crippen LogP contribution >= 0.6 is 11.6 Å². The molecule has 6 nitrogen and oxygen atoms in total. The molecule has 0 aliphatic carbocycles. The molecular weight excluding hydrogens is 356 g/mol. The highest BCUT2D eigenvalue weighted by Gasteiger charge is 2.18. The van der Waals surface area contributed by atoms with E-state index in [4.69, 9.17) is 25.8 Å². The fraction of sp³-hybridized carbons (Fsp3) is 0.368. The highest BCUT2D eigenvalue weighted by atomic mass is 35.5. The third-order valence-electron chi connectivity index (χ3n) is 3.82. The van der Waals surface area contributed by atoms with E-state index < -0.39 is 5.97 Å². The second-order valence-corrected chi connectivity index (χ2v) is 6.01. The number of carbonyl (C=O) groups excluding carboxylic acids is 1. The number of hydrogen-bond donors (Lipinski definition) is 0. The molecule has 140 valence electrons. The summed E-state index contributed by atoms with van der Waals surface area (Å²) in [5.74, 6) is -0.000610. The lowest BCUT2D eigenvalue weighted by Crippen LogP contribution is -2.08. The average molecular weight is 379 g/mol. The molecule has 7 heteroatoms. The van der Waals surface area contributed by atoms with Crippen LogP contribution in [0.3, 0.4) is 0 Å². The average Bonchev–Trinajstić information content (AvgIpc) is 2.92. The molecule has 0 atom stereocenters. The first-order chi connectivity index (χ1) is 12.5. The largest absolute Gasteiger partial charge is 0.503 e. The Balaban J connectivity index is 2.28. The molecule has 0 aliphatic heterocycles. The molecule has 0 radical (unpaired) electrons. The van der Waals surface area contributed by atoms with Crippen molar-refractivity contribution < 1.29 is 19.0 Å². The van der Waals surface area contributed by atoms with Crippen molar-refractivity contribution in [2.45, 2.75) is 33.4 Å². The van der Waals surface area contributed by atoms with Gasteiger partial charge in [0.2, 0.25) is 5.88 Å². The molecule has 1 aromatic heterocycles. The Morgan fingerprint density at radius 2 is 2.04 bits per heavy atom. The van der Waals surface area contributed by atoms with Gasteiger partial charge < -0.3 is 14.2 Å². The van der Waals surface area contributed by atoms with Gasteiger partial charge in [-0.1, -0.05) is 42.8 Å². The van der Waals surface area contributed by atoms with Crippen molar-refractivity contribution in [1.29, 1.82) is 0 Å². The summed E-state index contributed by atoms with van der Waals surface area (Å²) in [6.07, 6.45) is 2.29. The number of hydrogen-bond acceptors (Lipinski definition) is 5. The van der Waals surface area contributed by atoms with Crippen molar-refractivity contribution in [3.8, 4) is 5.88 Å². The molecule has 0 saturated heterocycles. The first-order valence-corrected chi connectivity index (χ1v) is 8.66. The van der Waals surface area contributed by atoms with E-state index in [1.165, 1.54) is 20.5 Å². The summed E-state index contributed by atoms with van der Waals surface area (Å²) in [5.41, 5.74) is 2.60. The van der Waals surface area contributed by atoms with Crippen LogP contribution in [0.4, 0.5) is 0 Å². The standard InChI is InChI=1S/C19H23ClN2O4/c1-5-10-22-17(20)13(2)18(21-22)26-11-14-8-6-7-9-15(14)16(12-24-3)19(23)25-4/h6-9,12H,5,10-11H2,1-4H3/b16-12+. The zero-order valence-corrected chi connectivity index (χ0v) is 16.2. The van der Waals surface area contributed by atoms with Crippen molar-refractivity contribution in [3.63, 3.8) is 0 Å². The Labute approximate surface area is 158 Å². The van der Waals surface area contributed by atoms with Gasteiger partial charge in [0.1, 0.15) is 17.3 Å². The van der Waals surface area contributed by atoms with Gasteiger partial charge in [0.25, 0.3) is 0 Å². The number of nitrogens with zero attached hydrogens (tertiary/aromatic N) is 2. The number of benzene rings is 1. The van der Waals surface area contributed by atoms with Gasteiger partial charge >= 0.3 is 5.97 Å². The Morgan fingerprint density at radius 1 is 1.31 bits per heavy atom. The van der Waals surface area contributed by atoms with E-state index in [2.05, 4.69) is 12.0 Å². The van der Waals surface area contributed by atoms with Crippen molar-refractivity contribution in [1.82, 2.24) is 9.78 Å². The molecule has 0 N–H and O–H groups in total.